The number of aryl methyl sites for hydroxylation is 1. The molecule has 1 saturated heterocycles. The van der Waals surface area contributed by atoms with E-state index in [1.807, 2.05) is 6.92 Å². The molecule has 1 atom stereocenters. The van der Waals surface area contributed by atoms with Gasteiger partial charge in [0.25, 0.3) is 11.7 Å². The Bertz CT molecular complexity index is 1260. The summed E-state index contributed by atoms with van der Waals surface area (Å²) in [5.41, 5.74) is 2.13. The summed E-state index contributed by atoms with van der Waals surface area (Å²) in [7, 11) is 1.45. The van der Waals surface area contributed by atoms with Gasteiger partial charge in [-0.25, -0.2) is 0 Å². The number of aliphatic hydroxyl groups excluding tert-OH is 1. The van der Waals surface area contributed by atoms with Crippen LogP contribution in [0, 0.1) is 6.92 Å². The number of amides is 1. The number of aliphatic hydroxyl groups is 1. The second kappa shape index (κ2) is 8.65. The Kier molecular flexibility index (Phi) is 5.91. The molecule has 1 aliphatic heterocycles. The van der Waals surface area contributed by atoms with Crippen LogP contribution in [-0.2, 0) is 9.59 Å². The Morgan fingerprint density at radius 2 is 1.75 bits per heavy atom. The van der Waals surface area contributed by atoms with E-state index in [9.17, 15) is 14.7 Å². The van der Waals surface area contributed by atoms with Crippen LogP contribution in [0.25, 0.3) is 5.76 Å². The highest BCUT2D eigenvalue weighted by atomic mass is 35.5. The van der Waals surface area contributed by atoms with E-state index in [-0.39, 0.29) is 11.3 Å². The first-order chi connectivity index (χ1) is 15.3. The zero-order chi connectivity index (χ0) is 23.0. The molecule has 0 aliphatic carbocycles. The Hall–Kier alpha value is -3.35. The Labute approximate surface area is 194 Å². The molecule has 3 aromatic rings. The lowest BCUT2D eigenvalue weighted by Gasteiger charge is -2.25. The molecule has 1 unspecified atom stereocenters. The first-order valence-electron chi connectivity index (χ1n) is 9.64. The van der Waals surface area contributed by atoms with Gasteiger partial charge in [-0.2, -0.15) is 0 Å². The monoisotopic (exact) mass is 468 g/mol. The van der Waals surface area contributed by atoms with Crippen molar-refractivity contribution in [3.63, 3.8) is 0 Å². The zero-order valence-corrected chi connectivity index (χ0v) is 18.7. The van der Waals surface area contributed by atoms with Crippen LogP contribution in [-0.4, -0.2) is 28.9 Å². The largest absolute Gasteiger partial charge is 0.507 e. The highest BCUT2D eigenvalue weighted by Crippen LogP contribution is 2.43. The van der Waals surface area contributed by atoms with E-state index < -0.39 is 17.7 Å². The van der Waals surface area contributed by atoms with Crippen molar-refractivity contribution in [1.29, 1.82) is 0 Å². The van der Waals surface area contributed by atoms with Crippen LogP contribution in [0.1, 0.15) is 22.7 Å². The summed E-state index contributed by atoms with van der Waals surface area (Å²) in [6.45, 7) is 1.84. The van der Waals surface area contributed by atoms with E-state index in [2.05, 4.69) is 4.98 Å². The molecule has 2 heterocycles. The molecular weight excluding hydrogens is 451 g/mol. The topological polar surface area (TPSA) is 79.7 Å². The van der Waals surface area contributed by atoms with Crippen molar-refractivity contribution >= 4 is 46.3 Å². The Balaban J connectivity index is 1.95. The molecule has 0 spiro atoms. The standard InChI is InChI=1S/C24H18Cl2N2O4/c1-13-3-5-16(12-18(13)26)28-21(14-7-9-27-10-8-14)20(23(30)24(28)31)22(29)15-4-6-17(25)19(11-15)32-2/h3-12,21,29H,1-2H3/b22-20+. The number of carbonyl (C=O) groups excluding carboxylic acids is 2. The SMILES string of the molecule is COc1cc(/C(O)=C2\C(=O)C(=O)N(c3ccc(C)c(Cl)c3)C2c2ccncc2)ccc1Cl. The van der Waals surface area contributed by atoms with Crippen LogP contribution in [0.4, 0.5) is 5.69 Å². The summed E-state index contributed by atoms with van der Waals surface area (Å²) < 4.78 is 5.22. The number of ether oxygens (including phenoxy) is 1. The van der Waals surface area contributed by atoms with Gasteiger partial charge in [-0.3, -0.25) is 19.5 Å². The third-order valence-corrected chi connectivity index (χ3v) is 6.04. The molecule has 1 amide bonds. The van der Waals surface area contributed by atoms with Gasteiger partial charge in [-0.15, -0.1) is 0 Å². The Morgan fingerprint density at radius 1 is 1.03 bits per heavy atom. The number of hydrogen-bond donors (Lipinski definition) is 1. The maximum atomic E-state index is 13.1. The molecule has 0 bridgehead atoms. The molecule has 1 aliphatic rings. The number of rotatable bonds is 4. The van der Waals surface area contributed by atoms with Gasteiger partial charge >= 0.3 is 0 Å². The average molecular weight is 469 g/mol. The first kappa shape index (κ1) is 21.9. The van der Waals surface area contributed by atoms with E-state index in [1.165, 1.54) is 18.1 Å². The Morgan fingerprint density at radius 3 is 2.41 bits per heavy atom. The van der Waals surface area contributed by atoms with E-state index in [4.69, 9.17) is 27.9 Å². The number of methoxy groups -OCH3 is 1. The van der Waals surface area contributed by atoms with Crippen LogP contribution in [0.3, 0.4) is 0 Å². The fourth-order valence-corrected chi connectivity index (χ4v) is 4.02. The lowest BCUT2D eigenvalue weighted by Crippen LogP contribution is -2.29. The molecule has 4 rings (SSSR count). The van der Waals surface area contributed by atoms with Crippen LogP contribution < -0.4 is 9.64 Å². The molecule has 6 nitrogen and oxygen atoms in total. The summed E-state index contributed by atoms with van der Waals surface area (Å²) in [4.78, 5) is 31.6. The third-order valence-electron chi connectivity index (χ3n) is 5.32. The third kappa shape index (κ3) is 3.72. The van der Waals surface area contributed by atoms with Crippen molar-refractivity contribution in [1.82, 2.24) is 4.98 Å². The molecule has 1 aromatic heterocycles. The molecule has 1 fully saturated rings. The van der Waals surface area contributed by atoms with E-state index in [0.29, 0.717) is 32.6 Å². The number of carbonyl (C=O) groups is 2. The van der Waals surface area contributed by atoms with Crippen molar-refractivity contribution in [3.8, 4) is 5.75 Å². The highest BCUT2D eigenvalue weighted by Gasteiger charge is 2.47. The number of ketones is 1. The average Bonchev–Trinajstić information content (AvgIpc) is 3.06. The van der Waals surface area contributed by atoms with Crippen LogP contribution in [0.5, 0.6) is 5.75 Å². The number of hydrogen-bond acceptors (Lipinski definition) is 5. The summed E-state index contributed by atoms with van der Waals surface area (Å²) in [6, 6.07) is 12.2. The molecule has 0 radical (unpaired) electrons. The number of nitrogens with zero attached hydrogens (tertiary/aromatic N) is 2. The smallest absolute Gasteiger partial charge is 0.300 e. The lowest BCUT2D eigenvalue weighted by atomic mass is 9.95. The highest BCUT2D eigenvalue weighted by molar-refractivity contribution is 6.51. The molecule has 8 heteroatoms. The maximum absolute atomic E-state index is 13.1. The number of halogens is 2. The summed E-state index contributed by atoms with van der Waals surface area (Å²) >= 11 is 12.4. The molecular formula is C24H18Cl2N2O4. The van der Waals surface area contributed by atoms with Crippen LogP contribution in [0.15, 0.2) is 66.5 Å². The van der Waals surface area contributed by atoms with Crippen molar-refractivity contribution in [2.24, 2.45) is 0 Å². The van der Waals surface area contributed by atoms with Crippen LogP contribution >= 0.6 is 23.2 Å². The first-order valence-corrected chi connectivity index (χ1v) is 10.4. The minimum absolute atomic E-state index is 0.0535. The summed E-state index contributed by atoms with van der Waals surface area (Å²) in [5.74, 6) is -1.58. The molecule has 32 heavy (non-hydrogen) atoms. The van der Waals surface area contributed by atoms with Gasteiger partial charge in [0.05, 0.1) is 23.7 Å². The predicted octanol–water partition coefficient (Wildman–Crippen LogP) is 5.33. The van der Waals surface area contributed by atoms with E-state index in [0.717, 1.165) is 5.56 Å². The van der Waals surface area contributed by atoms with Crippen LogP contribution in [0.2, 0.25) is 10.0 Å². The van der Waals surface area contributed by atoms with Gasteiger partial charge in [-0.1, -0.05) is 29.3 Å². The van der Waals surface area contributed by atoms with E-state index >= 15 is 0 Å². The molecule has 162 valence electrons. The number of anilines is 1. The van der Waals surface area contributed by atoms with Crippen molar-refractivity contribution < 1.29 is 19.4 Å². The fourth-order valence-electron chi connectivity index (χ4n) is 3.65. The lowest BCUT2D eigenvalue weighted by molar-refractivity contribution is -0.132. The van der Waals surface area contributed by atoms with Crippen molar-refractivity contribution in [2.45, 2.75) is 13.0 Å². The number of pyridine rings is 1. The van der Waals surface area contributed by atoms with Gasteiger partial charge in [-0.05, 0) is 60.5 Å². The second-order valence-electron chi connectivity index (χ2n) is 7.23. The number of benzene rings is 2. The second-order valence-corrected chi connectivity index (χ2v) is 8.05. The van der Waals surface area contributed by atoms with Crippen molar-refractivity contribution in [3.05, 3.63) is 93.2 Å². The van der Waals surface area contributed by atoms with Gasteiger partial charge in [0, 0.05) is 28.7 Å². The molecule has 2 aromatic carbocycles. The maximum Gasteiger partial charge on any atom is 0.300 e. The summed E-state index contributed by atoms with van der Waals surface area (Å²) in [5, 5.41) is 12.0. The van der Waals surface area contributed by atoms with Gasteiger partial charge in [0.1, 0.15) is 11.5 Å². The minimum atomic E-state index is -0.876. The quantitative estimate of drug-likeness (QED) is 0.317. The van der Waals surface area contributed by atoms with Gasteiger partial charge in [0.2, 0.25) is 0 Å². The number of Topliss-reactive ketones (excluding diaryl/α,β-unsaturated/α-hetero) is 1. The van der Waals surface area contributed by atoms with E-state index in [1.54, 1.807) is 54.9 Å². The fraction of sp³-hybridized carbons (Fsp3) is 0.125. The molecule has 0 saturated carbocycles. The van der Waals surface area contributed by atoms with Gasteiger partial charge in [0.15, 0.2) is 0 Å². The summed E-state index contributed by atoms with van der Waals surface area (Å²) in [6.07, 6.45) is 3.12. The molecule has 1 N–H and O–H groups in total. The zero-order valence-electron chi connectivity index (χ0n) is 17.2. The normalized spacial score (nSPS) is 17.6. The van der Waals surface area contributed by atoms with Gasteiger partial charge < -0.3 is 9.84 Å². The minimum Gasteiger partial charge on any atom is -0.507 e. The predicted molar refractivity (Wildman–Crippen MR) is 123 cm³/mol. The van der Waals surface area contributed by atoms with Crippen molar-refractivity contribution in [2.75, 3.05) is 12.0 Å². The number of aromatic nitrogens is 1.